The van der Waals surface area contributed by atoms with Crippen LogP contribution in [0.25, 0.3) is 10.9 Å². The average Bonchev–Trinajstić information content (AvgIpc) is 2.59. The Bertz CT molecular complexity index is 485. The molecule has 0 amide bonds. The third-order valence-corrected chi connectivity index (χ3v) is 2.25. The van der Waals surface area contributed by atoms with Gasteiger partial charge in [0.15, 0.2) is 5.78 Å². The van der Waals surface area contributed by atoms with Gasteiger partial charge >= 0.3 is 0 Å². The number of carbonyl (C=O) groups excluding carboxylic acids is 1. The third-order valence-electron chi connectivity index (χ3n) is 2.25. The highest BCUT2D eigenvalue weighted by molar-refractivity contribution is 5.97. The molecule has 0 saturated carbocycles. The van der Waals surface area contributed by atoms with E-state index in [0.717, 1.165) is 16.5 Å². The van der Waals surface area contributed by atoms with E-state index in [9.17, 15) is 4.79 Å². The fraction of sp³-hybridized carbons (Fsp3) is 0.182. The highest BCUT2D eigenvalue weighted by atomic mass is 16.3. The van der Waals surface area contributed by atoms with Gasteiger partial charge in [0.1, 0.15) is 0 Å². The zero-order valence-corrected chi connectivity index (χ0v) is 7.87. The largest absolute Gasteiger partial charge is 0.392 e. The number of ketones is 1. The fourth-order valence-corrected chi connectivity index (χ4v) is 1.47. The molecule has 2 N–H and O–H groups in total. The molecule has 0 atom stereocenters. The van der Waals surface area contributed by atoms with Crippen LogP contribution in [0.3, 0.4) is 0 Å². The van der Waals surface area contributed by atoms with Crippen molar-refractivity contribution in [2.45, 2.75) is 13.5 Å². The first-order valence-corrected chi connectivity index (χ1v) is 4.44. The summed E-state index contributed by atoms with van der Waals surface area (Å²) in [6, 6.07) is 7.38. The van der Waals surface area contributed by atoms with Gasteiger partial charge < -0.3 is 10.1 Å². The van der Waals surface area contributed by atoms with Crippen LogP contribution in [0.1, 0.15) is 23.0 Å². The summed E-state index contributed by atoms with van der Waals surface area (Å²) in [4.78, 5) is 14.1. The van der Waals surface area contributed by atoms with Crippen LogP contribution in [0.4, 0.5) is 0 Å². The van der Waals surface area contributed by atoms with Crippen LogP contribution in [0.5, 0.6) is 0 Å². The van der Waals surface area contributed by atoms with E-state index in [0.29, 0.717) is 5.69 Å². The van der Waals surface area contributed by atoms with Gasteiger partial charge in [-0.25, -0.2) is 0 Å². The van der Waals surface area contributed by atoms with Gasteiger partial charge in [0.2, 0.25) is 0 Å². The molecule has 1 aromatic carbocycles. The number of H-pyrrole nitrogens is 1. The lowest BCUT2D eigenvalue weighted by atomic mass is 10.1. The lowest BCUT2D eigenvalue weighted by molar-refractivity contribution is 0.101. The average molecular weight is 189 g/mol. The maximum Gasteiger partial charge on any atom is 0.175 e. The number of benzene rings is 1. The van der Waals surface area contributed by atoms with Crippen LogP contribution < -0.4 is 0 Å². The number of aromatic nitrogens is 1. The fourth-order valence-electron chi connectivity index (χ4n) is 1.47. The van der Waals surface area contributed by atoms with Gasteiger partial charge in [0, 0.05) is 17.8 Å². The smallest absolute Gasteiger partial charge is 0.175 e. The molecule has 1 aromatic heterocycles. The number of aromatic amines is 1. The Morgan fingerprint density at radius 3 is 2.86 bits per heavy atom. The number of hydrogen-bond acceptors (Lipinski definition) is 2. The first-order valence-electron chi connectivity index (χ1n) is 4.44. The first kappa shape index (κ1) is 8.97. The van der Waals surface area contributed by atoms with Crippen LogP contribution in [-0.2, 0) is 6.61 Å². The van der Waals surface area contributed by atoms with E-state index < -0.39 is 0 Å². The van der Waals surface area contributed by atoms with Crippen molar-refractivity contribution in [3.63, 3.8) is 0 Å². The van der Waals surface area contributed by atoms with Crippen LogP contribution in [-0.4, -0.2) is 15.9 Å². The van der Waals surface area contributed by atoms with Crippen molar-refractivity contribution >= 4 is 16.7 Å². The molecular weight excluding hydrogens is 178 g/mol. The summed E-state index contributed by atoms with van der Waals surface area (Å²) in [5.41, 5.74) is 2.38. The van der Waals surface area contributed by atoms with Crippen molar-refractivity contribution in [1.82, 2.24) is 4.98 Å². The molecule has 0 radical (unpaired) electrons. The molecule has 72 valence electrons. The molecular formula is C11H11NO2. The van der Waals surface area contributed by atoms with Crippen molar-refractivity contribution in [1.29, 1.82) is 0 Å². The molecule has 0 aliphatic carbocycles. The minimum Gasteiger partial charge on any atom is -0.392 e. The second kappa shape index (κ2) is 3.27. The standard InChI is InChI=1S/C11H11NO2/c1-7(14)11-5-9-4-8(6-13)2-3-10(9)12-11/h2-5,12-13H,6H2,1H3. The number of aliphatic hydroxyl groups excluding tert-OH is 1. The van der Waals surface area contributed by atoms with Gasteiger partial charge in [-0.05, 0) is 23.8 Å². The van der Waals surface area contributed by atoms with E-state index in [1.165, 1.54) is 6.92 Å². The summed E-state index contributed by atoms with van der Waals surface area (Å²) in [5.74, 6) is 0.0201. The second-order valence-corrected chi connectivity index (χ2v) is 3.32. The molecule has 0 saturated heterocycles. The monoisotopic (exact) mass is 189 g/mol. The van der Waals surface area contributed by atoms with Gasteiger partial charge in [-0.1, -0.05) is 6.07 Å². The molecule has 0 fully saturated rings. The quantitative estimate of drug-likeness (QED) is 0.708. The molecule has 0 spiro atoms. The first-order chi connectivity index (χ1) is 6.70. The van der Waals surface area contributed by atoms with E-state index in [1.807, 2.05) is 18.2 Å². The summed E-state index contributed by atoms with van der Waals surface area (Å²) in [6.07, 6.45) is 0. The predicted molar refractivity (Wildman–Crippen MR) is 54.2 cm³/mol. The Morgan fingerprint density at radius 1 is 1.43 bits per heavy atom. The lowest BCUT2D eigenvalue weighted by Gasteiger charge is -1.94. The summed E-state index contributed by atoms with van der Waals surface area (Å²) in [5, 5.41) is 9.90. The Kier molecular flexibility index (Phi) is 2.09. The molecule has 0 unspecified atom stereocenters. The zero-order valence-electron chi connectivity index (χ0n) is 7.87. The van der Waals surface area contributed by atoms with Gasteiger partial charge in [0.25, 0.3) is 0 Å². The summed E-state index contributed by atoms with van der Waals surface area (Å²) in [6.45, 7) is 1.55. The van der Waals surface area contributed by atoms with Crippen molar-refractivity contribution in [2.24, 2.45) is 0 Å². The number of Topliss-reactive ketones (excluding diaryl/α,β-unsaturated/α-hetero) is 1. The van der Waals surface area contributed by atoms with Crippen molar-refractivity contribution in [3.8, 4) is 0 Å². The molecule has 3 heteroatoms. The Hall–Kier alpha value is -1.61. The molecule has 2 rings (SSSR count). The molecule has 0 bridgehead atoms. The zero-order chi connectivity index (χ0) is 10.1. The van der Waals surface area contributed by atoms with Gasteiger partial charge in [-0.2, -0.15) is 0 Å². The molecule has 0 aliphatic heterocycles. The van der Waals surface area contributed by atoms with Crippen molar-refractivity contribution < 1.29 is 9.90 Å². The molecule has 3 nitrogen and oxygen atoms in total. The van der Waals surface area contributed by atoms with Crippen LogP contribution in [0.15, 0.2) is 24.3 Å². The third kappa shape index (κ3) is 1.42. The molecule has 1 heterocycles. The van der Waals surface area contributed by atoms with Crippen LogP contribution >= 0.6 is 0 Å². The predicted octanol–water partition coefficient (Wildman–Crippen LogP) is 1.86. The van der Waals surface area contributed by atoms with Gasteiger partial charge in [-0.15, -0.1) is 0 Å². The molecule has 2 aromatic rings. The number of hydrogen-bond donors (Lipinski definition) is 2. The maximum absolute atomic E-state index is 11.1. The van der Waals surface area contributed by atoms with Crippen molar-refractivity contribution in [3.05, 3.63) is 35.5 Å². The van der Waals surface area contributed by atoms with E-state index >= 15 is 0 Å². The number of rotatable bonds is 2. The normalized spacial score (nSPS) is 10.7. The van der Waals surface area contributed by atoms with E-state index in [1.54, 1.807) is 6.07 Å². The number of carbonyl (C=O) groups is 1. The number of aliphatic hydroxyl groups is 1. The molecule has 0 aliphatic rings. The van der Waals surface area contributed by atoms with E-state index in [2.05, 4.69) is 4.98 Å². The minimum atomic E-state index is 0.0201. The lowest BCUT2D eigenvalue weighted by Crippen LogP contribution is -1.89. The summed E-state index contributed by atoms with van der Waals surface area (Å²) < 4.78 is 0. The van der Waals surface area contributed by atoms with E-state index in [4.69, 9.17) is 5.11 Å². The van der Waals surface area contributed by atoms with E-state index in [-0.39, 0.29) is 12.4 Å². The van der Waals surface area contributed by atoms with Gasteiger partial charge in [0.05, 0.1) is 12.3 Å². The second-order valence-electron chi connectivity index (χ2n) is 3.32. The molecule has 14 heavy (non-hydrogen) atoms. The number of fused-ring (bicyclic) bond motifs is 1. The van der Waals surface area contributed by atoms with Crippen LogP contribution in [0, 0.1) is 0 Å². The number of nitrogens with one attached hydrogen (secondary N) is 1. The summed E-state index contributed by atoms with van der Waals surface area (Å²) in [7, 11) is 0. The SMILES string of the molecule is CC(=O)c1cc2cc(CO)ccc2[nH]1. The summed E-state index contributed by atoms with van der Waals surface area (Å²) >= 11 is 0. The Balaban J connectivity index is 2.60. The minimum absolute atomic E-state index is 0.0201. The van der Waals surface area contributed by atoms with Crippen LogP contribution in [0.2, 0.25) is 0 Å². The topological polar surface area (TPSA) is 53.1 Å². The van der Waals surface area contributed by atoms with Crippen molar-refractivity contribution in [2.75, 3.05) is 0 Å². The Morgan fingerprint density at radius 2 is 2.21 bits per heavy atom. The van der Waals surface area contributed by atoms with Gasteiger partial charge in [-0.3, -0.25) is 4.79 Å². The maximum atomic E-state index is 11.1. The highest BCUT2D eigenvalue weighted by Crippen LogP contribution is 2.17. The Labute approximate surface area is 81.4 Å². The highest BCUT2D eigenvalue weighted by Gasteiger charge is 2.04.